The van der Waals surface area contributed by atoms with E-state index in [1.807, 2.05) is 0 Å². The maximum absolute atomic E-state index is 10.2. The second-order valence-corrected chi connectivity index (χ2v) is 13.8. The molecule has 0 aromatic rings. The topological polar surface area (TPSA) is 23.5 Å². The molecule has 0 heterocycles. The fraction of sp³-hybridized carbons (Fsp3) is 0.939. The first kappa shape index (κ1) is 29.2. The van der Waals surface area contributed by atoms with Crippen LogP contribution in [0.5, 0.6) is 0 Å². The highest BCUT2D eigenvalue weighted by atomic mass is 16.3. The Morgan fingerprint density at radius 2 is 1.60 bits per heavy atom. The van der Waals surface area contributed by atoms with Crippen LogP contribution < -0.4 is 0 Å². The molecule has 2 nitrogen and oxygen atoms in total. The molecule has 35 heavy (non-hydrogen) atoms. The van der Waals surface area contributed by atoms with Gasteiger partial charge in [-0.25, -0.2) is 0 Å². The summed E-state index contributed by atoms with van der Waals surface area (Å²) in [5.74, 6) is 5.46. The van der Waals surface area contributed by atoms with Crippen LogP contribution in [0.2, 0.25) is 0 Å². The summed E-state index contributed by atoms with van der Waals surface area (Å²) in [6.45, 7) is 22.7. The monoisotopic (exact) mass is 487 g/mol. The highest BCUT2D eigenvalue weighted by molar-refractivity contribution is 5.25. The summed E-state index contributed by atoms with van der Waals surface area (Å²) in [6, 6.07) is 0. The molecule has 0 aliphatic heterocycles. The predicted molar refractivity (Wildman–Crippen MR) is 153 cm³/mol. The molecular formula is C33H61NO. The maximum Gasteiger partial charge on any atom is 0.0577 e. The second-order valence-electron chi connectivity index (χ2n) is 13.8. The van der Waals surface area contributed by atoms with E-state index in [9.17, 15) is 5.11 Å². The van der Waals surface area contributed by atoms with Gasteiger partial charge in [-0.1, -0.05) is 86.3 Å². The molecule has 4 aliphatic rings. The summed E-state index contributed by atoms with van der Waals surface area (Å²) in [4.78, 5) is 2.38. The summed E-state index contributed by atoms with van der Waals surface area (Å²) in [6.07, 6.45) is 17.2. The van der Waals surface area contributed by atoms with E-state index in [0.717, 1.165) is 48.3 Å². The van der Waals surface area contributed by atoms with Gasteiger partial charge in [-0.15, -0.1) is 0 Å². The van der Waals surface area contributed by atoms with Crippen LogP contribution in [0.15, 0.2) is 11.6 Å². The minimum Gasteiger partial charge on any atom is -0.393 e. The first-order chi connectivity index (χ1) is 16.6. The van der Waals surface area contributed by atoms with Crippen molar-refractivity contribution in [1.29, 1.82) is 0 Å². The molecule has 8 atom stereocenters. The fourth-order valence-corrected chi connectivity index (χ4v) is 9.34. The predicted octanol–water partition coefficient (Wildman–Crippen LogP) is 8.74. The molecule has 0 radical (unpaired) electrons. The maximum atomic E-state index is 10.2. The van der Waals surface area contributed by atoms with Gasteiger partial charge in [0.1, 0.15) is 0 Å². The third-order valence-corrected chi connectivity index (χ3v) is 11.6. The molecule has 0 amide bonds. The molecule has 4 aliphatic carbocycles. The number of fused-ring (bicyclic) bond motifs is 5. The minimum absolute atomic E-state index is 0.0766. The van der Waals surface area contributed by atoms with E-state index in [1.54, 1.807) is 5.57 Å². The lowest BCUT2D eigenvalue weighted by molar-refractivity contribution is -0.0573. The molecule has 204 valence electrons. The largest absolute Gasteiger partial charge is 0.393 e. The third-order valence-electron chi connectivity index (χ3n) is 11.6. The lowest BCUT2D eigenvalue weighted by atomic mass is 9.47. The van der Waals surface area contributed by atoms with Gasteiger partial charge in [0.15, 0.2) is 0 Å². The molecule has 0 aromatic heterocycles. The first-order valence-corrected chi connectivity index (χ1v) is 15.7. The zero-order chi connectivity index (χ0) is 25.8. The van der Waals surface area contributed by atoms with Gasteiger partial charge in [0, 0.05) is 0 Å². The van der Waals surface area contributed by atoms with Gasteiger partial charge in [0.05, 0.1) is 6.10 Å². The third kappa shape index (κ3) is 6.22. The highest BCUT2D eigenvalue weighted by Crippen LogP contribution is 2.67. The van der Waals surface area contributed by atoms with Crippen molar-refractivity contribution in [3.05, 3.63) is 11.6 Å². The Morgan fingerprint density at radius 1 is 0.914 bits per heavy atom. The molecule has 2 heteroatoms. The van der Waals surface area contributed by atoms with Crippen molar-refractivity contribution in [3.63, 3.8) is 0 Å². The van der Waals surface area contributed by atoms with Gasteiger partial charge in [0.25, 0.3) is 0 Å². The lowest BCUT2D eigenvalue weighted by Crippen LogP contribution is -2.50. The normalized spacial score (nSPS) is 39.3. The van der Waals surface area contributed by atoms with Gasteiger partial charge in [-0.05, 0) is 117 Å². The van der Waals surface area contributed by atoms with Crippen molar-refractivity contribution in [3.8, 4) is 0 Å². The first-order valence-electron chi connectivity index (χ1n) is 15.7. The summed E-state index contributed by atoms with van der Waals surface area (Å²) >= 11 is 0. The summed E-state index contributed by atoms with van der Waals surface area (Å²) < 4.78 is 0. The van der Waals surface area contributed by atoms with Crippen LogP contribution in [0, 0.1) is 46.3 Å². The molecule has 0 aromatic carbocycles. The van der Waals surface area contributed by atoms with Crippen LogP contribution in [-0.2, 0) is 0 Å². The van der Waals surface area contributed by atoms with Crippen LogP contribution >= 0.6 is 0 Å². The van der Waals surface area contributed by atoms with Crippen LogP contribution in [-0.4, -0.2) is 35.7 Å². The molecule has 3 fully saturated rings. The van der Waals surface area contributed by atoms with E-state index in [-0.39, 0.29) is 6.10 Å². The smallest absolute Gasteiger partial charge is 0.0577 e. The molecular weight excluding hydrogens is 426 g/mol. The Kier molecular flexibility index (Phi) is 10.4. The molecule has 1 N–H and O–H groups in total. The fourth-order valence-electron chi connectivity index (χ4n) is 9.34. The Balaban J connectivity index is 0.000000429. The standard InChI is InChI=1S/C27H46O.C6H15N/c1-18(2)7-6-8-19(3)23-11-12-24-22-10-9-20-17-21(28)13-15-26(20,4)25(22)14-16-27(23,24)5;1-4-7(5-2)6-3/h9,18-19,21-25,28H,6-8,10-17H2,1-5H3;4-6H2,1-3H3/t19-,21+,22+,23-,24+,25+,26+,27-;/m1./s1. The zero-order valence-corrected chi connectivity index (χ0v) is 24.9. The SMILES string of the molecule is CC(C)CCC[C@@H](C)[C@H]1CC[C@H]2[C@@H]3CC=C4C[C@@H](O)CC[C@]4(C)[C@H]3CC[C@]12C.CCN(CC)CC. The van der Waals surface area contributed by atoms with Crippen molar-refractivity contribution in [2.75, 3.05) is 19.6 Å². The highest BCUT2D eigenvalue weighted by Gasteiger charge is 2.59. The average Bonchev–Trinajstić information content (AvgIpc) is 3.18. The molecule has 0 bridgehead atoms. The van der Waals surface area contributed by atoms with E-state index < -0.39 is 0 Å². The van der Waals surface area contributed by atoms with E-state index in [2.05, 4.69) is 66.4 Å². The van der Waals surface area contributed by atoms with E-state index in [0.29, 0.717) is 10.8 Å². The number of aliphatic hydroxyl groups is 1. The number of allylic oxidation sites excluding steroid dienone is 1. The number of nitrogens with zero attached hydrogens (tertiary/aromatic N) is 1. The van der Waals surface area contributed by atoms with Crippen LogP contribution in [0.3, 0.4) is 0 Å². The number of hydrogen-bond donors (Lipinski definition) is 1. The molecule has 0 saturated heterocycles. The number of rotatable bonds is 8. The Morgan fingerprint density at radius 3 is 2.20 bits per heavy atom. The van der Waals surface area contributed by atoms with Crippen molar-refractivity contribution >= 4 is 0 Å². The van der Waals surface area contributed by atoms with Gasteiger partial charge >= 0.3 is 0 Å². The Labute approximate surface area is 219 Å². The summed E-state index contributed by atoms with van der Waals surface area (Å²) in [5, 5.41) is 10.2. The molecule has 0 spiro atoms. The van der Waals surface area contributed by atoms with Crippen molar-refractivity contribution < 1.29 is 5.11 Å². The number of hydrogen-bond acceptors (Lipinski definition) is 2. The lowest BCUT2D eigenvalue weighted by Gasteiger charge is -2.58. The van der Waals surface area contributed by atoms with Crippen LogP contribution in [0.4, 0.5) is 0 Å². The van der Waals surface area contributed by atoms with Crippen molar-refractivity contribution in [2.24, 2.45) is 46.3 Å². The Bertz CT molecular complexity index is 675. The van der Waals surface area contributed by atoms with Crippen molar-refractivity contribution in [1.82, 2.24) is 4.90 Å². The summed E-state index contributed by atoms with van der Waals surface area (Å²) in [5.41, 5.74) is 2.60. The van der Waals surface area contributed by atoms with E-state index in [1.165, 1.54) is 77.4 Å². The number of aliphatic hydroxyl groups excluding tert-OH is 1. The van der Waals surface area contributed by atoms with Gasteiger partial charge in [-0.3, -0.25) is 0 Å². The summed E-state index contributed by atoms with van der Waals surface area (Å²) in [7, 11) is 0. The van der Waals surface area contributed by atoms with Crippen molar-refractivity contribution in [2.45, 2.75) is 132 Å². The van der Waals surface area contributed by atoms with Gasteiger partial charge in [0.2, 0.25) is 0 Å². The average molecular weight is 488 g/mol. The van der Waals surface area contributed by atoms with E-state index in [4.69, 9.17) is 0 Å². The van der Waals surface area contributed by atoms with Crippen LogP contribution in [0.25, 0.3) is 0 Å². The Hall–Kier alpha value is -0.340. The quantitative estimate of drug-likeness (QED) is 0.346. The van der Waals surface area contributed by atoms with E-state index >= 15 is 0 Å². The zero-order valence-electron chi connectivity index (χ0n) is 24.9. The van der Waals surface area contributed by atoms with Gasteiger partial charge < -0.3 is 10.0 Å². The molecule has 4 rings (SSSR count). The minimum atomic E-state index is -0.0766. The van der Waals surface area contributed by atoms with Gasteiger partial charge in [-0.2, -0.15) is 0 Å². The second kappa shape index (κ2) is 12.5. The molecule has 0 unspecified atom stereocenters. The molecule has 3 saturated carbocycles. The van der Waals surface area contributed by atoms with Crippen LogP contribution in [0.1, 0.15) is 126 Å².